The highest BCUT2D eigenvalue weighted by atomic mass is 16.2. The number of carbonyl (C=O) groups is 1. The van der Waals surface area contributed by atoms with E-state index in [9.17, 15) is 4.79 Å². The Morgan fingerprint density at radius 3 is 2.92 bits per heavy atom. The van der Waals surface area contributed by atoms with Gasteiger partial charge in [0.2, 0.25) is 5.91 Å². The summed E-state index contributed by atoms with van der Waals surface area (Å²) in [5.41, 5.74) is 2.21. The molecule has 1 amide bonds. The Morgan fingerprint density at radius 2 is 2.17 bits per heavy atom. The van der Waals surface area contributed by atoms with Gasteiger partial charge in [0, 0.05) is 27.2 Å². The Morgan fingerprint density at radius 1 is 1.38 bits per heavy atom. The first-order valence-electron chi connectivity index (χ1n) is 8.97. The molecule has 0 radical (unpaired) electrons. The molecular weight excluding hydrogens is 300 g/mol. The van der Waals surface area contributed by atoms with Crippen molar-refractivity contribution in [3.63, 3.8) is 0 Å². The van der Waals surface area contributed by atoms with Crippen molar-refractivity contribution in [2.24, 2.45) is 13.0 Å². The predicted octanol–water partition coefficient (Wildman–Crippen LogP) is 2.65. The summed E-state index contributed by atoms with van der Waals surface area (Å²) in [6.45, 7) is 5.66. The summed E-state index contributed by atoms with van der Waals surface area (Å²) in [4.78, 5) is 21.6. The molecule has 1 aromatic heterocycles. The summed E-state index contributed by atoms with van der Waals surface area (Å²) in [6, 6.07) is 8.24. The molecule has 0 N–H and O–H groups in total. The molecule has 2 heterocycles. The molecular formula is C19H28N4O. The van der Waals surface area contributed by atoms with Crippen LogP contribution < -0.4 is 0 Å². The zero-order chi connectivity index (χ0) is 17.1. The van der Waals surface area contributed by atoms with E-state index in [0.29, 0.717) is 5.91 Å². The van der Waals surface area contributed by atoms with Crippen molar-refractivity contribution in [1.29, 1.82) is 0 Å². The lowest BCUT2D eigenvalue weighted by Crippen LogP contribution is -2.43. The number of hydrogen-bond donors (Lipinski definition) is 0. The van der Waals surface area contributed by atoms with Crippen LogP contribution in [0.1, 0.15) is 32.0 Å². The van der Waals surface area contributed by atoms with Gasteiger partial charge in [-0.05, 0) is 37.9 Å². The highest BCUT2D eigenvalue weighted by Crippen LogP contribution is 2.22. The minimum absolute atomic E-state index is 0.130. The van der Waals surface area contributed by atoms with Crippen molar-refractivity contribution < 1.29 is 4.79 Å². The van der Waals surface area contributed by atoms with E-state index >= 15 is 0 Å². The quantitative estimate of drug-likeness (QED) is 0.847. The largest absolute Gasteiger partial charge is 0.345 e. The Bertz CT molecular complexity index is 708. The van der Waals surface area contributed by atoms with Crippen LogP contribution in [-0.4, -0.2) is 51.9 Å². The fraction of sp³-hybridized carbons (Fsp3) is 0.579. The second kappa shape index (κ2) is 7.34. The van der Waals surface area contributed by atoms with Gasteiger partial charge in [0.1, 0.15) is 5.82 Å². The normalized spacial score (nSPS) is 18.9. The monoisotopic (exact) mass is 328 g/mol. The number of aromatic nitrogens is 2. The number of nitrogens with zero attached hydrogens (tertiary/aromatic N) is 4. The summed E-state index contributed by atoms with van der Waals surface area (Å²) in [5, 5.41) is 0. The Kier molecular flexibility index (Phi) is 5.19. The number of amides is 1. The zero-order valence-electron chi connectivity index (χ0n) is 15.0. The number of likely N-dealkylation sites (tertiary alicyclic amines) is 1. The van der Waals surface area contributed by atoms with Crippen molar-refractivity contribution in [2.75, 3.05) is 26.7 Å². The van der Waals surface area contributed by atoms with Crippen molar-refractivity contribution in [3.8, 4) is 0 Å². The molecule has 2 aromatic rings. The van der Waals surface area contributed by atoms with Crippen LogP contribution in [0.15, 0.2) is 24.3 Å². The molecule has 1 aromatic carbocycles. The highest BCUT2D eigenvalue weighted by Gasteiger charge is 2.28. The molecule has 1 saturated heterocycles. The molecule has 0 saturated carbocycles. The van der Waals surface area contributed by atoms with Gasteiger partial charge in [-0.1, -0.05) is 19.1 Å². The number of carbonyl (C=O) groups excluding carboxylic acids is 1. The van der Waals surface area contributed by atoms with Gasteiger partial charge < -0.3 is 9.47 Å². The number of piperidine rings is 1. The van der Waals surface area contributed by atoms with Gasteiger partial charge in [-0.2, -0.15) is 0 Å². The molecule has 130 valence electrons. The first-order chi connectivity index (χ1) is 11.6. The topological polar surface area (TPSA) is 41.4 Å². The molecule has 0 aliphatic carbocycles. The zero-order valence-corrected chi connectivity index (χ0v) is 15.0. The second-order valence-electron chi connectivity index (χ2n) is 6.91. The van der Waals surface area contributed by atoms with E-state index < -0.39 is 0 Å². The van der Waals surface area contributed by atoms with Crippen molar-refractivity contribution in [2.45, 2.75) is 32.7 Å². The Hall–Kier alpha value is -1.88. The number of rotatable bonds is 5. The average molecular weight is 328 g/mol. The van der Waals surface area contributed by atoms with Crippen LogP contribution in [0.4, 0.5) is 0 Å². The number of benzene rings is 1. The molecule has 1 aliphatic heterocycles. The van der Waals surface area contributed by atoms with Gasteiger partial charge in [0.15, 0.2) is 0 Å². The van der Waals surface area contributed by atoms with Crippen LogP contribution in [-0.2, 0) is 18.4 Å². The predicted molar refractivity (Wildman–Crippen MR) is 96.6 cm³/mol. The van der Waals surface area contributed by atoms with Gasteiger partial charge in [0.25, 0.3) is 0 Å². The third kappa shape index (κ3) is 3.46. The van der Waals surface area contributed by atoms with Gasteiger partial charge >= 0.3 is 0 Å². The van der Waals surface area contributed by atoms with Crippen LogP contribution in [0.25, 0.3) is 11.0 Å². The molecule has 1 atom stereocenters. The minimum Gasteiger partial charge on any atom is -0.345 e. The Labute approximate surface area is 144 Å². The molecule has 24 heavy (non-hydrogen) atoms. The molecule has 1 fully saturated rings. The minimum atomic E-state index is 0.130. The summed E-state index contributed by atoms with van der Waals surface area (Å²) in [7, 11) is 4.00. The van der Waals surface area contributed by atoms with Crippen molar-refractivity contribution in [3.05, 3.63) is 30.1 Å². The molecule has 5 heteroatoms. The molecule has 1 aliphatic rings. The maximum atomic E-state index is 12.6. The third-order valence-electron chi connectivity index (χ3n) is 5.03. The lowest BCUT2D eigenvalue weighted by atomic mass is 9.96. The number of fused-ring (bicyclic) bond motifs is 1. The average Bonchev–Trinajstić information content (AvgIpc) is 2.91. The number of para-hydroxylation sites is 2. The summed E-state index contributed by atoms with van der Waals surface area (Å²) in [6.07, 6.45) is 3.10. The first kappa shape index (κ1) is 17.0. The highest BCUT2D eigenvalue weighted by molar-refractivity contribution is 5.79. The first-order valence-corrected chi connectivity index (χ1v) is 8.97. The lowest BCUT2D eigenvalue weighted by molar-refractivity contribution is -0.136. The number of aryl methyl sites for hydroxylation is 1. The molecule has 0 bridgehead atoms. The van der Waals surface area contributed by atoms with Gasteiger partial charge in [-0.25, -0.2) is 4.98 Å². The smallest absolute Gasteiger partial charge is 0.226 e. The van der Waals surface area contributed by atoms with E-state index in [1.165, 1.54) is 5.52 Å². The van der Waals surface area contributed by atoms with E-state index in [0.717, 1.165) is 56.8 Å². The summed E-state index contributed by atoms with van der Waals surface area (Å²) >= 11 is 0. The maximum absolute atomic E-state index is 12.6. The lowest BCUT2D eigenvalue weighted by Gasteiger charge is -2.33. The molecule has 5 nitrogen and oxygen atoms in total. The second-order valence-corrected chi connectivity index (χ2v) is 6.91. The fourth-order valence-corrected chi connectivity index (χ4v) is 3.69. The van der Waals surface area contributed by atoms with Crippen LogP contribution >= 0.6 is 0 Å². The van der Waals surface area contributed by atoms with Crippen molar-refractivity contribution >= 4 is 16.9 Å². The van der Waals surface area contributed by atoms with Crippen LogP contribution in [0, 0.1) is 5.92 Å². The molecule has 3 rings (SSSR count). The Balaban J connectivity index is 1.68. The standard InChI is InChI=1S/C19H28N4O/c1-4-11-21(2)19(24)15-8-7-12-23(13-15)14-18-20-16-9-5-6-10-17(16)22(18)3/h5-6,9-10,15H,4,7-8,11-14H2,1-3H3/t15-/m0/s1. The third-order valence-corrected chi connectivity index (χ3v) is 5.03. The summed E-state index contributed by atoms with van der Waals surface area (Å²) in [5.74, 6) is 1.50. The maximum Gasteiger partial charge on any atom is 0.226 e. The van der Waals surface area contributed by atoms with Crippen LogP contribution in [0.5, 0.6) is 0 Å². The van der Waals surface area contributed by atoms with E-state index in [-0.39, 0.29) is 5.92 Å². The van der Waals surface area contributed by atoms with E-state index in [4.69, 9.17) is 4.98 Å². The molecule has 0 spiro atoms. The summed E-state index contributed by atoms with van der Waals surface area (Å²) < 4.78 is 2.17. The number of imidazole rings is 1. The SMILES string of the molecule is CCCN(C)C(=O)[C@H]1CCCN(Cc2nc3ccccc3n2C)C1. The fourth-order valence-electron chi connectivity index (χ4n) is 3.69. The van der Waals surface area contributed by atoms with E-state index in [1.54, 1.807) is 0 Å². The van der Waals surface area contributed by atoms with Gasteiger partial charge in [-0.3, -0.25) is 9.69 Å². The molecule has 0 unspecified atom stereocenters. The van der Waals surface area contributed by atoms with E-state index in [1.807, 2.05) is 24.1 Å². The van der Waals surface area contributed by atoms with E-state index in [2.05, 4.69) is 35.6 Å². The van der Waals surface area contributed by atoms with Gasteiger partial charge in [-0.15, -0.1) is 0 Å². The van der Waals surface area contributed by atoms with Crippen LogP contribution in [0.2, 0.25) is 0 Å². The number of hydrogen-bond acceptors (Lipinski definition) is 3. The van der Waals surface area contributed by atoms with Crippen LogP contribution in [0.3, 0.4) is 0 Å². The van der Waals surface area contributed by atoms with Crippen molar-refractivity contribution in [1.82, 2.24) is 19.4 Å². The van der Waals surface area contributed by atoms with Gasteiger partial charge in [0.05, 0.1) is 23.5 Å².